The van der Waals surface area contributed by atoms with Crippen molar-refractivity contribution in [3.05, 3.63) is 53.3 Å². The van der Waals surface area contributed by atoms with Gasteiger partial charge in [-0.05, 0) is 44.2 Å². The van der Waals surface area contributed by atoms with E-state index in [1.165, 1.54) is 22.0 Å². The van der Waals surface area contributed by atoms with Crippen molar-refractivity contribution in [2.24, 2.45) is 11.8 Å². The van der Waals surface area contributed by atoms with E-state index in [2.05, 4.69) is 48.2 Å². The highest BCUT2D eigenvalue weighted by Crippen LogP contribution is 2.40. The molecule has 1 saturated heterocycles. The number of benzene rings is 1. The number of Topliss-reactive ketones (excluding diaryl/α,β-unsaturated/α-hetero) is 1. The molecule has 2 fully saturated rings. The van der Waals surface area contributed by atoms with Gasteiger partial charge in [0.05, 0.1) is 11.8 Å². The number of rotatable bonds is 5. The molecule has 1 amide bonds. The molecule has 3 atom stereocenters. The molecule has 2 aromatic rings. The Bertz CT molecular complexity index is 875. The number of aryl methyl sites for hydroxylation is 1. The van der Waals surface area contributed by atoms with Crippen LogP contribution in [0, 0.1) is 18.8 Å². The monoisotopic (exact) mass is 394 g/mol. The van der Waals surface area contributed by atoms with Gasteiger partial charge < -0.3 is 4.90 Å². The van der Waals surface area contributed by atoms with Crippen molar-refractivity contribution in [1.82, 2.24) is 19.6 Å². The van der Waals surface area contributed by atoms with Gasteiger partial charge in [-0.3, -0.25) is 9.69 Å². The maximum Gasteiger partial charge on any atom is 0.344 e. The minimum atomic E-state index is -0.112. The van der Waals surface area contributed by atoms with Crippen LogP contribution in [0.5, 0.6) is 0 Å². The van der Waals surface area contributed by atoms with Crippen LogP contribution in [0.15, 0.2) is 36.7 Å². The van der Waals surface area contributed by atoms with Crippen LogP contribution >= 0.6 is 0 Å². The summed E-state index contributed by atoms with van der Waals surface area (Å²) in [4.78, 5) is 29.0. The molecule has 2 heterocycles. The third-order valence-electron chi connectivity index (χ3n) is 6.59. The molecule has 154 valence electrons. The van der Waals surface area contributed by atoms with Crippen LogP contribution in [-0.2, 0) is 6.54 Å². The van der Waals surface area contributed by atoms with Crippen molar-refractivity contribution in [3.63, 3.8) is 0 Å². The molecule has 6 heteroatoms. The first-order valence-corrected chi connectivity index (χ1v) is 10.6. The third kappa shape index (κ3) is 4.13. The molecule has 1 aromatic heterocycles. The van der Waals surface area contributed by atoms with Gasteiger partial charge in [0.25, 0.3) is 0 Å². The van der Waals surface area contributed by atoms with Crippen molar-refractivity contribution >= 4 is 11.8 Å². The van der Waals surface area contributed by atoms with E-state index in [0.717, 1.165) is 32.5 Å². The maximum absolute atomic E-state index is 12.8. The summed E-state index contributed by atoms with van der Waals surface area (Å²) in [6.07, 6.45) is 5.76. The molecule has 1 saturated carbocycles. The summed E-state index contributed by atoms with van der Waals surface area (Å²) in [7, 11) is 2.21. The lowest BCUT2D eigenvalue weighted by atomic mass is 10.0. The molecule has 0 N–H and O–H groups in total. The molecule has 6 nitrogen and oxygen atoms in total. The number of carbonyl (C=O) groups excluding carboxylic acids is 2. The Kier molecular flexibility index (Phi) is 5.54. The standard InChI is InChI=1S/C23H30N4O2/c1-4-22(28)20-11-24-27(15-20)23(29)26-13-18-9-21(10-19(18)14-26)25(3)12-17-7-5-16(2)6-8-17/h5-8,11,15,18-19,21H,4,9-10,12-14H2,1-3H3/t18-,19+,21?. The third-order valence-corrected chi connectivity index (χ3v) is 6.59. The summed E-state index contributed by atoms with van der Waals surface area (Å²) < 4.78 is 1.32. The zero-order valence-electron chi connectivity index (χ0n) is 17.5. The van der Waals surface area contributed by atoms with E-state index in [1.54, 1.807) is 6.20 Å². The zero-order chi connectivity index (χ0) is 20.5. The van der Waals surface area contributed by atoms with E-state index >= 15 is 0 Å². The van der Waals surface area contributed by atoms with Crippen LogP contribution in [0.3, 0.4) is 0 Å². The number of hydrogen-bond acceptors (Lipinski definition) is 4. The fraction of sp³-hybridized carbons (Fsp3) is 0.522. The van der Waals surface area contributed by atoms with E-state index in [4.69, 9.17) is 0 Å². The predicted octanol–water partition coefficient (Wildman–Crippen LogP) is 3.59. The van der Waals surface area contributed by atoms with Crippen molar-refractivity contribution < 1.29 is 9.59 Å². The first-order chi connectivity index (χ1) is 13.9. The number of likely N-dealkylation sites (tertiary alicyclic amines) is 1. The molecule has 1 aliphatic heterocycles. The first kappa shape index (κ1) is 19.8. The van der Waals surface area contributed by atoms with E-state index in [9.17, 15) is 9.59 Å². The van der Waals surface area contributed by atoms with Gasteiger partial charge in [0.2, 0.25) is 0 Å². The Labute approximate surface area is 172 Å². The van der Waals surface area contributed by atoms with Gasteiger partial charge in [-0.25, -0.2) is 4.79 Å². The van der Waals surface area contributed by atoms with Gasteiger partial charge in [0, 0.05) is 38.3 Å². The number of amides is 1. The predicted molar refractivity (Wildman–Crippen MR) is 112 cm³/mol. The summed E-state index contributed by atoms with van der Waals surface area (Å²) >= 11 is 0. The highest BCUT2D eigenvalue weighted by atomic mass is 16.2. The number of hydrogen-bond donors (Lipinski definition) is 0. The van der Waals surface area contributed by atoms with E-state index in [1.807, 2.05) is 11.8 Å². The normalized spacial score (nSPS) is 23.6. The Morgan fingerprint density at radius 3 is 2.41 bits per heavy atom. The summed E-state index contributed by atoms with van der Waals surface area (Å²) in [5, 5.41) is 4.12. The molecule has 1 aliphatic carbocycles. The molecule has 29 heavy (non-hydrogen) atoms. The fourth-order valence-electron chi connectivity index (χ4n) is 4.82. The molecule has 0 bridgehead atoms. The zero-order valence-corrected chi connectivity index (χ0v) is 17.5. The number of nitrogens with zero attached hydrogens (tertiary/aromatic N) is 4. The molecule has 0 radical (unpaired) electrons. The van der Waals surface area contributed by atoms with Crippen LogP contribution < -0.4 is 0 Å². The second kappa shape index (κ2) is 8.11. The van der Waals surface area contributed by atoms with Crippen LogP contribution in [0.2, 0.25) is 0 Å². The number of carbonyl (C=O) groups is 2. The largest absolute Gasteiger partial charge is 0.344 e. The van der Waals surface area contributed by atoms with Gasteiger partial charge in [0.1, 0.15) is 0 Å². The Hall–Kier alpha value is -2.47. The molecular formula is C23H30N4O2. The van der Waals surface area contributed by atoms with Gasteiger partial charge >= 0.3 is 6.03 Å². The number of fused-ring (bicyclic) bond motifs is 1. The van der Waals surface area contributed by atoms with Crippen LogP contribution in [0.25, 0.3) is 0 Å². The van der Waals surface area contributed by atoms with Crippen molar-refractivity contribution in [1.29, 1.82) is 0 Å². The topological polar surface area (TPSA) is 58.4 Å². The smallest absolute Gasteiger partial charge is 0.322 e. The lowest BCUT2D eigenvalue weighted by Crippen LogP contribution is -2.36. The Morgan fingerprint density at radius 1 is 1.14 bits per heavy atom. The van der Waals surface area contributed by atoms with Crippen molar-refractivity contribution in [2.45, 2.75) is 45.7 Å². The van der Waals surface area contributed by atoms with E-state index < -0.39 is 0 Å². The van der Waals surface area contributed by atoms with Crippen LogP contribution in [0.1, 0.15) is 47.7 Å². The van der Waals surface area contributed by atoms with Gasteiger partial charge in [-0.15, -0.1) is 0 Å². The lowest BCUT2D eigenvalue weighted by Gasteiger charge is -2.26. The van der Waals surface area contributed by atoms with Crippen molar-refractivity contribution in [2.75, 3.05) is 20.1 Å². The minimum absolute atomic E-state index is 0.0156. The quantitative estimate of drug-likeness (QED) is 0.727. The summed E-state index contributed by atoms with van der Waals surface area (Å²) in [5.41, 5.74) is 3.15. The molecule has 1 aromatic carbocycles. The average molecular weight is 395 g/mol. The second-order valence-electron chi connectivity index (χ2n) is 8.68. The molecule has 0 spiro atoms. The highest BCUT2D eigenvalue weighted by molar-refractivity contribution is 5.96. The SMILES string of the molecule is CCC(=O)c1cnn(C(=O)N2C[C@H]3CC(N(C)Cc4ccc(C)cc4)C[C@H]3C2)c1. The van der Waals surface area contributed by atoms with Crippen LogP contribution in [0.4, 0.5) is 4.79 Å². The summed E-state index contributed by atoms with van der Waals surface area (Å²) in [6, 6.07) is 9.23. The minimum Gasteiger partial charge on any atom is -0.322 e. The van der Waals surface area contributed by atoms with Crippen molar-refractivity contribution in [3.8, 4) is 0 Å². The van der Waals surface area contributed by atoms with Gasteiger partial charge in [-0.2, -0.15) is 9.78 Å². The Balaban J connectivity index is 1.32. The van der Waals surface area contributed by atoms with Crippen LogP contribution in [-0.4, -0.2) is 57.6 Å². The van der Waals surface area contributed by atoms with Gasteiger partial charge in [-0.1, -0.05) is 36.8 Å². The number of aromatic nitrogens is 2. The second-order valence-corrected chi connectivity index (χ2v) is 8.68. The van der Waals surface area contributed by atoms with E-state index in [0.29, 0.717) is 29.9 Å². The first-order valence-electron chi connectivity index (χ1n) is 10.6. The summed E-state index contributed by atoms with van der Waals surface area (Å²) in [6.45, 7) is 6.47. The molecule has 4 rings (SSSR count). The number of ketones is 1. The lowest BCUT2D eigenvalue weighted by molar-refractivity contribution is 0.0988. The molecular weight excluding hydrogens is 364 g/mol. The Morgan fingerprint density at radius 2 is 1.79 bits per heavy atom. The van der Waals surface area contributed by atoms with Gasteiger partial charge in [0.15, 0.2) is 5.78 Å². The summed E-state index contributed by atoms with van der Waals surface area (Å²) in [5.74, 6) is 1.12. The maximum atomic E-state index is 12.8. The average Bonchev–Trinajstić information content (AvgIpc) is 3.43. The highest BCUT2D eigenvalue weighted by Gasteiger charge is 2.43. The molecule has 1 unspecified atom stereocenters. The molecule has 2 aliphatic rings. The van der Waals surface area contributed by atoms with E-state index in [-0.39, 0.29) is 11.8 Å². The fourth-order valence-corrected chi connectivity index (χ4v) is 4.82.